The van der Waals surface area contributed by atoms with Crippen LogP contribution in [0.1, 0.15) is 16.3 Å². The lowest BCUT2D eigenvalue weighted by Crippen LogP contribution is -2.11. The quantitative estimate of drug-likeness (QED) is 0.321. The van der Waals surface area contributed by atoms with Crippen LogP contribution in [0.3, 0.4) is 0 Å². The van der Waals surface area contributed by atoms with Gasteiger partial charge in [0.05, 0.1) is 5.69 Å². The van der Waals surface area contributed by atoms with Crippen LogP contribution in [0.2, 0.25) is 5.02 Å². The molecule has 0 spiro atoms. The first-order chi connectivity index (χ1) is 14.1. The van der Waals surface area contributed by atoms with Gasteiger partial charge < -0.3 is 10.6 Å². The number of nitrogen functional groups attached to an aromatic ring is 1. The summed E-state index contributed by atoms with van der Waals surface area (Å²) in [5.74, 6) is 8.25. The summed E-state index contributed by atoms with van der Waals surface area (Å²) < 4.78 is 7.28. The molecule has 0 atom stereocenters. The predicted molar refractivity (Wildman–Crippen MR) is 118 cm³/mol. The van der Waals surface area contributed by atoms with Crippen molar-refractivity contribution in [2.45, 2.75) is 24.4 Å². The van der Waals surface area contributed by atoms with Crippen molar-refractivity contribution in [1.82, 2.24) is 19.9 Å². The van der Waals surface area contributed by atoms with Crippen LogP contribution < -0.4 is 10.6 Å². The van der Waals surface area contributed by atoms with Crippen molar-refractivity contribution in [3.8, 4) is 17.1 Å². The van der Waals surface area contributed by atoms with E-state index in [1.54, 1.807) is 23.5 Å². The monoisotopic (exact) mass is 443 g/mol. The van der Waals surface area contributed by atoms with Crippen LogP contribution in [0.25, 0.3) is 11.4 Å². The average Bonchev–Trinajstić information content (AvgIpc) is 3.33. The number of rotatable bonds is 7. The minimum absolute atomic E-state index is 0.451. The van der Waals surface area contributed by atoms with Gasteiger partial charge in [0.2, 0.25) is 5.16 Å². The highest BCUT2D eigenvalue weighted by atomic mass is 35.5. The van der Waals surface area contributed by atoms with Gasteiger partial charge in [-0.25, -0.2) is 9.66 Å². The summed E-state index contributed by atoms with van der Waals surface area (Å²) in [6.45, 7) is 2.50. The molecule has 0 saturated carbocycles. The van der Waals surface area contributed by atoms with Crippen LogP contribution in [0.15, 0.2) is 59.1 Å². The summed E-state index contributed by atoms with van der Waals surface area (Å²) in [7, 11) is 0. The minimum Gasteiger partial charge on any atom is -0.486 e. The number of aromatic nitrogens is 4. The van der Waals surface area contributed by atoms with E-state index < -0.39 is 0 Å². The standard InChI is InChI=1S/C20H18ClN5OS2/c1-13-2-8-17(9-3-13)27-10-18-23-16(11-28-18)12-29-20-25-24-19(26(20)22)14-4-6-15(21)7-5-14/h2-9,11H,10,12,22H2,1H3. The fraction of sp³-hybridized carbons (Fsp3) is 0.150. The third-order valence-corrected chi connectivity index (χ3v) is 6.20. The smallest absolute Gasteiger partial charge is 0.210 e. The number of nitrogens with two attached hydrogens (primary N) is 1. The Kier molecular flexibility index (Phi) is 6.03. The molecule has 6 nitrogen and oxygen atoms in total. The number of ether oxygens (including phenoxy) is 1. The van der Waals surface area contributed by atoms with Gasteiger partial charge in [-0.2, -0.15) is 0 Å². The topological polar surface area (TPSA) is 78.9 Å². The van der Waals surface area contributed by atoms with Gasteiger partial charge >= 0.3 is 0 Å². The summed E-state index contributed by atoms with van der Waals surface area (Å²) >= 11 is 9.00. The van der Waals surface area contributed by atoms with Crippen LogP contribution in [0, 0.1) is 6.92 Å². The Labute approximate surface area is 181 Å². The number of hydrogen-bond acceptors (Lipinski definition) is 7. The number of halogens is 1. The maximum atomic E-state index is 6.17. The molecule has 4 aromatic rings. The van der Waals surface area contributed by atoms with E-state index in [0.717, 1.165) is 22.0 Å². The third-order valence-electron chi connectivity index (χ3n) is 4.10. The molecular weight excluding hydrogens is 426 g/mol. The van der Waals surface area contributed by atoms with E-state index in [9.17, 15) is 0 Å². The molecular formula is C20H18ClN5OS2. The van der Waals surface area contributed by atoms with Crippen molar-refractivity contribution in [3.63, 3.8) is 0 Å². The summed E-state index contributed by atoms with van der Waals surface area (Å²) in [4.78, 5) is 4.62. The van der Waals surface area contributed by atoms with Gasteiger partial charge in [-0.3, -0.25) is 0 Å². The van der Waals surface area contributed by atoms with E-state index in [4.69, 9.17) is 22.2 Å². The molecule has 0 radical (unpaired) electrons. The molecule has 0 bridgehead atoms. The summed E-state index contributed by atoms with van der Waals surface area (Å²) in [5.41, 5.74) is 3.02. The van der Waals surface area contributed by atoms with Gasteiger partial charge in [-0.15, -0.1) is 21.5 Å². The number of thioether (sulfide) groups is 1. The van der Waals surface area contributed by atoms with Crippen LogP contribution in [-0.4, -0.2) is 19.9 Å². The van der Waals surface area contributed by atoms with Gasteiger partial charge in [0.1, 0.15) is 17.4 Å². The van der Waals surface area contributed by atoms with Gasteiger partial charge in [-0.1, -0.05) is 41.1 Å². The molecule has 0 aliphatic heterocycles. The SMILES string of the molecule is Cc1ccc(OCc2nc(CSc3nnc(-c4ccc(Cl)cc4)n3N)cs2)cc1. The minimum atomic E-state index is 0.451. The summed E-state index contributed by atoms with van der Waals surface area (Å²) in [5, 5.41) is 12.6. The van der Waals surface area contributed by atoms with Crippen molar-refractivity contribution >= 4 is 34.7 Å². The molecule has 2 aromatic carbocycles. The maximum Gasteiger partial charge on any atom is 0.210 e. The predicted octanol–water partition coefficient (Wildman–Crippen LogP) is 4.95. The highest BCUT2D eigenvalue weighted by Gasteiger charge is 2.13. The Morgan fingerprint density at radius 2 is 1.86 bits per heavy atom. The van der Waals surface area contributed by atoms with Gasteiger partial charge in [0, 0.05) is 21.7 Å². The van der Waals surface area contributed by atoms with E-state index in [1.807, 2.05) is 41.8 Å². The molecule has 0 aliphatic carbocycles. The molecule has 0 saturated heterocycles. The molecule has 29 heavy (non-hydrogen) atoms. The molecule has 0 amide bonds. The molecule has 2 N–H and O–H groups in total. The van der Waals surface area contributed by atoms with Crippen molar-refractivity contribution in [1.29, 1.82) is 0 Å². The fourth-order valence-electron chi connectivity index (χ4n) is 2.57. The second-order valence-corrected chi connectivity index (χ2v) is 8.63. The van der Waals surface area contributed by atoms with Gasteiger partial charge in [-0.05, 0) is 43.3 Å². The lowest BCUT2D eigenvalue weighted by molar-refractivity contribution is 0.305. The Balaban J connectivity index is 1.35. The lowest BCUT2D eigenvalue weighted by atomic mass is 10.2. The summed E-state index contributed by atoms with van der Waals surface area (Å²) in [6, 6.07) is 15.3. The highest BCUT2D eigenvalue weighted by molar-refractivity contribution is 7.98. The number of benzene rings is 2. The van der Waals surface area contributed by atoms with E-state index >= 15 is 0 Å². The highest BCUT2D eigenvalue weighted by Crippen LogP contribution is 2.26. The van der Waals surface area contributed by atoms with E-state index in [2.05, 4.69) is 22.1 Å². The second kappa shape index (κ2) is 8.86. The average molecular weight is 444 g/mol. The molecule has 148 valence electrons. The van der Waals surface area contributed by atoms with Crippen LogP contribution in [0.5, 0.6) is 5.75 Å². The maximum absolute atomic E-state index is 6.17. The molecule has 9 heteroatoms. The third kappa shape index (κ3) is 4.90. The number of nitrogens with zero attached hydrogens (tertiary/aromatic N) is 4. The van der Waals surface area contributed by atoms with Crippen LogP contribution in [-0.2, 0) is 12.4 Å². The first-order valence-electron chi connectivity index (χ1n) is 8.80. The zero-order chi connectivity index (χ0) is 20.2. The van der Waals surface area contributed by atoms with Crippen molar-refractivity contribution < 1.29 is 4.74 Å². The van der Waals surface area contributed by atoms with Crippen molar-refractivity contribution in [3.05, 3.63) is 75.2 Å². The largest absolute Gasteiger partial charge is 0.486 e. The van der Waals surface area contributed by atoms with E-state index in [-0.39, 0.29) is 0 Å². The van der Waals surface area contributed by atoms with Crippen molar-refractivity contribution in [2.75, 3.05) is 5.84 Å². The lowest BCUT2D eigenvalue weighted by Gasteiger charge is -2.04. The Morgan fingerprint density at radius 3 is 2.62 bits per heavy atom. The second-order valence-electron chi connectivity index (χ2n) is 6.31. The number of aryl methyl sites for hydroxylation is 1. The van der Waals surface area contributed by atoms with E-state index in [0.29, 0.717) is 28.4 Å². The normalized spacial score (nSPS) is 11.0. The van der Waals surface area contributed by atoms with Crippen LogP contribution in [0.4, 0.5) is 0 Å². The van der Waals surface area contributed by atoms with Gasteiger partial charge in [0.15, 0.2) is 5.82 Å². The molecule has 4 rings (SSSR count). The fourth-order valence-corrected chi connectivity index (χ4v) is 4.26. The Morgan fingerprint density at radius 1 is 1.10 bits per heavy atom. The van der Waals surface area contributed by atoms with Gasteiger partial charge in [0.25, 0.3) is 0 Å². The number of thiazole rings is 1. The molecule has 2 aromatic heterocycles. The molecule has 2 heterocycles. The first-order valence-corrected chi connectivity index (χ1v) is 11.0. The molecule has 0 unspecified atom stereocenters. The first kappa shape index (κ1) is 19.8. The van der Waals surface area contributed by atoms with Crippen molar-refractivity contribution in [2.24, 2.45) is 0 Å². The molecule has 0 fully saturated rings. The molecule has 0 aliphatic rings. The number of hydrogen-bond donors (Lipinski definition) is 1. The zero-order valence-electron chi connectivity index (χ0n) is 15.6. The van der Waals surface area contributed by atoms with E-state index in [1.165, 1.54) is 22.0 Å². The van der Waals surface area contributed by atoms with Crippen LogP contribution >= 0.6 is 34.7 Å². The zero-order valence-corrected chi connectivity index (χ0v) is 18.0. The summed E-state index contributed by atoms with van der Waals surface area (Å²) in [6.07, 6.45) is 0. The Bertz CT molecular complexity index is 1090. The Hall–Kier alpha value is -2.55.